The molecule has 0 bridgehead atoms. The Labute approximate surface area is 58.1 Å². The summed E-state index contributed by atoms with van der Waals surface area (Å²) in [5.74, 6) is 4.29. The van der Waals surface area contributed by atoms with Crippen molar-refractivity contribution in [2.24, 2.45) is 11.6 Å². The molecule has 0 rings (SSSR count). The molecule has 0 atom stereocenters. The van der Waals surface area contributed by atoms with Crippen molar-refractivity contribution >= 4 is 11.9 Å². The molecule has 58 valence electrons. The lowest BCUT2D eigenvalue weighted by atomic mass is 10.5. The molecule has 0 unspecified atom stereocenters. The fraction of sp³-hybridized carbons (Fsp3) is 0.500. The van der Waals surface area contributed by atoms with Crippen molar-refractivity contribution in [3.05, 3.63) is 0 Å². The Morgan fingerprint density at radius 1 is 1.60 bits per heavy atom. The van der Waals surface area contributed by atoms with E-state index < -0.39 is 11.9 Å². The summed E-state index contributed by atoms with van der Waals surface area (Å²) in [5.41, 5.74) is 6.67. The molecule has 0 radical (unpaired) electrons. The van der Waals surface area contributed by atoms with Gasteiger partial charge >= 0.3 is 6.03 Å². The second-order valence-corrected chi connectivity index (χ2v) is 1.76. The highest BCUT2D eigenvalue weighted by molar-refractivity contribution is 5.82. The van der Waals surface area contributed by atoms with E-state index in [9.17, 15) is 9.59 Å². The van der Waals surface area contributed by atoms with Crippen LogP contribution in [-0.4, -0.2) is 30.4 Å². The number of carbonyl (C=O) groups is 2. The average Bonchev–Trinajstić information content (AvgIpc) is 1.87. The summed E-state index contributed by atoms with van der Waals surface area (Å²) in [6, 6.07) is -0.663. The van der Waals surface area contributed by atoms with E-state index in [0.717, 1.165) is 4.90 Å². The third kappa shape index (κ3) is 2.88. The maximum absolute atomic E-state index is 10.4. The minimum atomic E-state index is -0.663. The lowest BCUT2D eigenvalue weighted by molar-refractivity contribution is -0.121. The number of likely N-dealkylation sites (N-methyl/N-ethyl adjacent to an activating group) is 1. The smallest absolute Gasteiger partial charge is 0.314 e. The zero-order valence-electron chi connectivity index (χ0n) is 5.63. The maximum Gasteiger partial charge on any atom is 0.314 e. The summed E-state index contributed by atoms with van der Waals surface area (Å²) in [4.78, 5) is 21.8. The van der Waals surface area contributed by atoms with Gasteiger partial charge in [-0.2, -0.15) is 0 Å². The Balaban J connectivity index is 3.68. The van der Waals surface area contributed by atoms with Gasteiger partial charge in [0.05, 0.1) is 0 Å². The van der Waals surface area contributed by atoms with Crippen molar-refractivity contribution < 1.29 is 9.59 Å². The highest BCUT2D eigenvalue weighted by atomic mass is 16.2. The molecular formula is C4H10N4O2. The van der Waals surface area contributed by atoms with Gasteiger partial charge in [0.25, 0.3) is 5.91 Å². The lowest BCUT2D eigenvalue weighted by Crippen LogP contribution is -2.43. The number of primary amides is 1. The van der Waals surface area contributed by atoms with E-state index in [0.29, 0.717) is 0 Å². The molecule has 0 aromatic rings. The van der Waals surface area contributed by atoms with Gasteiger partial charge in [0.2, 0.25) is 0 Å². The van der Waals surface area contributed by atoms with Gasteiger partial charge in [-0.3, -0.25) is 10.2 Å². The predicted octanol–water partition coefficient (Wildman–Crippen LogP) is -2.01. The number of nitrogens with one attached hydrogen (secondary N) is 1. The Morgan fingerprint density at radius 2 is 2.10 bits per heavy atom. The third-order valence-corrected chi connectivity index (χ3v) is 0.918. The molecule has 10 heavy (non-hydrogen) atoms. The van der Waals surface area contributed by atoms with Crippen molar-refractivity contribution in [1.82, 2.24) is 10.3 Å². The summed E-state index contributed by atoms with van der Waals surface area (Å²) in [7, 11) is 1.40. The fourth-order valence-electron chi connectivity index (χ4n) is 0.339. The van der Waals surface area contributed by atoms with E-state index >= 15 is 0 Å². The summed E-state index contributed by atoms with van der Waals surface area (Å²) in [6.07, 6.45) is 0. The minimum Gasteiger partial charge on any atom is -0.351 e. The molecule has 0 aliphatic heterocycles. The van der Waals surface area contributed by atoms with E-state index in [-0.39, 0.29) is 6.54 Å². The number of rotatable bonds is 2. The summed E-state index contributed by atoms with van der Waals surface area (Å²) < 4.78 is 0. The first-order valence-electron chi connectivity index (χ1n) is 2.58. The van der Waals surface area contributed by atoms with Crippen molar-refractivity contribution in [3.63, 3.8) is 0 Å². The summed E-state index contributed by atoms with van der Waals surface area (Å²) >= 11 is 0. The van der Waals surface area contributed by atoms with Gasteiger partial charge in [0.1, 0.15) is 6.54 Å². The van der Waals surface area contributed by atoms with E-state index in [1.54, 1.807) is 0 Å². The number of nitrogens with zero attached hydrogens (tertiary/aromatic N) is 1. The fourth-order valence-corrected chi connectivity index (χ4v) is 0.339. The molecule has 6 heteroatoms. The average molecular weight is 146 g/mol. The number of hydrogen-bond donors (Lipinski definition) is 3. The summed E-state index contributed by atoms with van der Waals surface area (Å²) in [6.45, 7) is -0.119. The van der Waals surface area contributed by atoms with Crippen LogP contribution in [-0.2, 0) is 4.79 Å². The number of hydrazine groups is 1. The van der Waals surface area contributed by atoms with Crippen molar-refractivity contribution in [1.29, 1.82) is 0 Å². The van der Waals surface area contributed by atoms with Crippen LogP contribution in [0.2, 0.25) is 0 Å². The molecule has 5 N–H and O–H groups in total. The predicted molar refractivity (Wildman–Crippen MR) is 34.5 cm³/mol. The Morgan fingerprint density at radius 3 is 2.40 bits per heavy atom. The van der Waals surface area contributed by atoms with Gasteiger partial charge in [0.15, 0.2) is 0 Å². The molecule has 0 spiro atoms. The van der Waals surface area contributed by atoms with Crippen LogP contribution in [0.25, 0.3) is 0 Å². The molecule has 0 heterocycles. The van der Waals surface area contributed by atoms with Crippen LogP contribution in [0.5, 0.6) is 0 Å². The number of hydrogen-bond acceptors (Lipinski definition) is 3. The van der Waals surface area contributed by atoms with Gasteiger partial charge in [-0.1, -0.05) is 0 Å². The van der Waals surface area contributed by atoms with Crippen LogP contribution in [0.3, 0.4) is 0 Å². The molecule has 6 nitrogen and oxygen atoms in total. The summed E-state index contributed by atoms with van der Waals surface area (Å²) in [5, 5.41) is 0. The Kier molecular flexibility index (Phi) is 3.20. The van der Waals surface area contributed by atoms with Crippen molar-refractivity contribution in [2.45, 2.75) is 0 Å². The van der Waals surface area contributed by atoms with Crippen LogP contribution in [0, 0.1) is 0 Å². The monoisotopic (exact) mass is 146 g/mol. The zero-order valence-corrected chi connectivity index (χ0v) is 5.63. The van der Waals surface area contributed by atoms with E-state index in [4.69, 9.17) is 11.6 Å². The quantitative estimate of drug-likeness (QED) is 0.238. The molecule has 0 aromatic heterocycles. The van der Waals surface area contributed by atoms with E-state index in [2.05, 4.69) is 0 Å². The first kappa shape index (κ1) is 8.70. The largest absolute Gasteiger partial charge is 0.351 e. The second-order valence-electron chi connectivity index (χ2n) is 1.76. The Bertz CT molecular complexity index is 146. The van der Waals surface area contributed by atoms with Crippen LogP contribution in [0.1, 0.15) is 0 Å². The van der Waals surface area contributed by atoms with Crippen molar-refractivity contribution in [3.8, 4) is 0 Å². The lowest BCUT2D eigenvalue weighted by Gasteiger charge is -2.11. The van der Waals surface area contributed by atoms with Crippen LogP contribution in [0.4, 0.5) is 4.79 Å². The standard InChI is InChI=1S/C4H10N4O2/c1-8(4(5)10)2-3(9)7-6/h2,6H2,1H3,(H2,5,10)(H,7,9). The number of urea groups is 1. The molecule has 3 amide bonds. The number of amides is 3. The molecular weight excluding hydrogens is 136 g/mol. The normalized spacial score (nSPS) is 8.60. The second kappa shape index (κ2) is 3.67. The van der Waals surface area contributed by atoms with Gasteiger partial charge in [-0.25, -0.2) is 10.6 Å². The molecule has 0 aliphatic carbocycles. The van der Waals surface area contributed by atoms with Gasteiger partial charge < -0.3 is 10.6 Å². The highest BCUT2D eigenvalue weighted by Gasteiger charge is 2.06. The first-order chi connectivity index (χ1) is 4.57. The molecule has 0 aromatic carbocycles. The first-order valence-corrected chi connectivity index (χ1v) is 2.58. The molecule has 0 aliphatic rings. The van der Waals surface area contributed by atoms with Gasteiger partial charge in [-0.05, 0) is 0 Å². The van der Waals surface area contributed by atoms with Crippen LogP contribution in [0.15, 0.2) is 0 Å². The maximum atomic E-state index is 10.4. The molecule has 0 fully saturated rings. The van der Waals surface area contributed by atoms with Crippen molar-refractivity contribution in [2.75, 3.05) is 13.6 Å². The zero-order chi connectivity index (χ0) is 8.15. The highest BCUT2D eigenvalue weighted by Crippen LogP contribution is 1.78. The third-order valence-electron chi connectivity index (χ3n) is 0.918. The number of nitrogens with two attached hydrogens (primary N) is 2. The minimum absolute atomic E-state index is 0.119. The molecule has 0 saturated heterocycles. The number of carbonyl (C=O) groups excluding carboxylic acids is 2. The van der Waals surface area contributed by atoms with E-state index in [1.165, 1.54) is 7.05 Å². The van der Waals surface area contributed by atoms with Crippen LogP contribution < -0.4 is 17.0 Å². The topological polar surface area (TPSA) is 101 Å². The van der Waals surface area contributed by atoms with Gasteiger partial charge in [-0.15, -0.1) is 0 Å². The molecule has 0 saturated carbocycles. The SMILES string of the molecule is CN(CC(=O)NN)C(N)=O. The Hall–Kier alpha value is -1.30. The van der Waals surface area contributed by atoms with Gasteiger partial charge in [0, 0.05) is 7.05 Å². The van der Waals surface area contributed by atoms with Crippen LogP contribution >= 0.6 is 0 Å². The van der Waals surface area contributed by atoms with E-state index in [1.807, 2.05) is 5.43 Å².